The van der Waals surface area contributed by atoms with Gasteiger partial charge in [0.25, 0.3) is 5.91 Å². The summed E-state index contributed by atoms with van der Waals surface area (Å²) in [5.74, 6) is 0.363. The highest BCUT2D eigenvalue weighted by Gasteiger charge is 2.13. The average Bonchev–Trinajstić information content (AvgIpc) is 2.72. The number of hydrogen-bond donors (Lipinski definition) is 1. The summed E-state index contributed by atoms with van der Waals surface area (Å²) in [6.07, 6.45) is 1.64. The molecule has 1 N–H and O–H groups in total. The molecule has 3 aromatic rings. The number of rotatable bonds is 7. The number of hydrogen-bond acceptors (Lipinski definition) is 4. The van der Waals surface area contributed by atoms with E-state index in [4.69, 9.17) is 0 Å². The average molecular weight is 360 g/mol. The largest absolute Gasteiger partial charge is 0.347 e. The van der Waals surface area contributed by atoms with Crippen LogP contribution in [0, 0.1) is 6.92 Å². The molecule has 0 aliphatic rings. The Labute approximate surface area is 160 Å². The fourth-order valence-electron chi connectivity index (χ4n) is 2.83. The topological polar surface area (TPSA) is 58.1 Å². The van der Waals surface area contributed by atoms with Crippen molar-refractivity contribution in [1.29, 1.82) is 0 Å². The predicted octanol–water partition coefficient (Wildman–Crippen LogP) is 3.74. The summed E-state index contributed by atoms with van der Waals surface area (Å²) in [5, 5.41) is 2.94. The first-order valence-electron chi connectivity index (χ1n) is 9.12. The molecule has 27 heavy (non-hydrogen) atoms. The molecule has 5 heteroatoms. The quantitative estimate of drug-likeness (QED) is 0.697. The van der Waals surface area contributed by atoms with Gasteiger partial charge in [-0.15, -0.1) is 0 Å². The normalized spacial score (nSPS) is 10.4. The van der Waals surface area contributed by atoms with Crippen molar-refractivity contribution in [3.8, 4) is 0 Å². The molecule has 0 spiro atoms. The third-order valence-corrected chi connectivity index (χ3v) is 4.46. The summed E-state index contributed by atoms with van der Waals surface area (Å²) in [7, 11) is 0. The van der Waals surface area contributed by atoms with E-state index in [1.54, 1.807) is 12.3 Å². The van der Waals surface area contributed by atoms with Gasteiger partial charge in [-0.2, -0.15) is 0 Å². The molecular formula is C22H24N4O. The van der Waals surface area contributed by atoms with Crippen molar-refractivity contribution in [2.75, 3.05) is 11.4 Å². The van der Waals surface area contributed by atoms with E-state index < -0.39 is 0 Å². The van der Waals surface area contributed by atoms with Crippen molar-refractivity contribution in [3.05, 3.63) is 89.2 Å². The van der Waals surface area contributed by atoms with Gasteiger partial charge >= 0.3 is 0 Å². The van der Waals surface area contributed by atoms with Gasteiger partial charge < -0.3 is 10.2 Å². The molecule has 0 bridgehead atoms. The molecule has 0 radical (unpaired) electrons. The van der Waals surface area contributed by atoms with Crippen LogP contribution in [-0.2, 0) is 13.1 Å². The molecule has 0 aliphatic carbocycles. The van der Waals surface area contributed by atoms with Gasteiger partial charge in [-0.05, 0) is 36.6 Å². The van der Waals surface area contributed by atoms with Gasteiger partial charge in [-0.25, -0.2) is 9.97 Å². The molecule has 1 heterocycles. The molecule has 1 aromatic heterocycles. The third-order valence-electron chi connectivity index (χ3n) is 4.46. The number of benzene rings is 2. The van der Waals surface area contributed by atoms with E-state index in [0.29, 0.717) is 24.7 Å². The Bertz CT molecular complexity index is 896. The Morgan fingerprint density at radius 1 is 1.04 bits per heavy atom. The molecule has 0 fully saturated rings. The van der Waals surface area contributed by atoms with Crippen molar-refractivity contribution >= 4 is 11.9 Å². The number of nitrogens with zero attached hydrogens (tertiary/aromatic N) is 3. The molecule has 138 valence electrons. The van der Waals surface area contributed by atoms with Gasteiger partial charge in [0.1, 0.15) is 5.69 Å². The maximum Gasteiger partial charge on any atom is 0.270 e. The minimum absolute atomic E-state index is 0.197. The minimum Gasteiger partial charge on any atom is -0.347 e. The van der Waals surface area contributed by atoms with E-state index in [9.17, 15) is 4.79 Å². The summed E-state index contributed by atoms with van der Waals surface area (Å²) in [6, 6.07) is 19.8. The van der Waals surface area contributed by atoms with E-state index in [1.807, 2.05) is 54.3 Å². The van der Waals surface area contributed by atoms with Crippen LogP contribution in [0.5, 0.6) is 0 Å². The summed E-state index contributed by atoms with van der Waals surface area (Å²) in [5.41, 5.74) is 3.80. The minimum atomic E-state index is -0.197. The summed E-state index contributed by atoms with van der Waals surface area (Å²) < 4.78 is 0. The van der Waals surface area contributed by atoms with Crippen LogP contribution in [0.25, 0.3) is 0 Å². The molecular weight excluding hydrogens is 336 g/mol. The molecule has 1 amide bonds. The monoisotopic (exact) mass is 360 g/mol. The summed E-state index contributed by atoms with van der Waals surface area (Å²) in [6.45, 7) is 6.02. The number of amides is 1. The van der Waals surface area contributed by atoms with Crippen LogP contribution in [0.3, 0.4) is 0 Å². The van der Waals surface area contributed by atoms with Crippen molar-refractivity contribution in [2.24, 2.45) is 0 Å². The predicted molar refractivity (Wildman–Crippen MR) is 108 cm³/mol. The van der Waals surface area contributed by atoms with Gasteiger partial charge in [0.2, 0.25) is 5.95 Å². The maximum atomic E-state index is 12.5. The molecule has 0 aliphatic heterocycles. The lowest BCUT2D eigenvalue weighted by Crippen LogP contribution is -2.27. The number of carbonyl (C=O) groups excluding carboxylic acids is 1. The number of aromatic nitrogens is 2. The van der Waals surface area contributed by atoms with Crippen LogP contribution in [0.2, 0.25) is 0 Å². The summed E-state index contributed by atoms with van der Waals surface area (Å²) >= 11 is 0. The van der Waals surface area contributed by atoms with Crippen LogP contribution in [-0.4, -0.2) is 22.4 Å². The van der Waals surface area contributed by atoms with Crippen molar-refractivity contribution in [3.63, 3.8) is 0 Å². The number of nitrogens with one attached hydrogen (secondary N) is 1. The van der Waals surface area contributed by atoms with Crippen LogP contribution < -0.4 is 10.2 Å². The smallest absolute Gasteiger partial charge is 0.270 e. The highest BCUT2D eigenvalue weighted by molar-refractivity contribution is 5.92. The molecule has 0 saturated carbocycles. The molecule has 3 rings (SSSR count). The van der Waals surface area contributed by atoms with E-state index in [2.05, 4.69) is 34.3 Å². The second-order valence-corrected chi connectivity index (χ2v) is 6.35. The van der Waals surface area contributed by atoms with Crippen molar-refractivity contribution < 1.29 is 4.79 Å². The SMILES string of the molecule is CCN(Cc1ccccc1)c1nccc(C(=O)NCc2ccccc2C)n1. The Kier molecular flexibility index (Phi) is 6.15. The lowest BCUT2D eigenvalue weighted by Gasteiger charge is -2.21. The van der Waals surface area contributed by atoms with E-state index >= 15 is 0 Å². The zero-order valence-corrected chi connectivity index (χ0v) is 15.7. The second kappa shape index (κ2) is 8.94. The van der Waals surface area contributed by atoms with Gasteiger partial charge in [0.05, 0.1) is 0 Å². The zero-order valence-electron chi connectivity index (χ0n) is 15.7. The Balaban J connectivity index is 1.70. The zero-order chi connectivity index (χ0) is 19.1. The van der Waals surface area contributed by atoms with Crippen molar-refractivity contribution in [1.82, 2.24) is 15.3 Å². The van der Waals surface area contributed by atoms with Gasteiger partial charge in [-0.3, -0.25) is 4.79 Å². The fourth-order valence-corrected chi connectivity index (χ4v) is 2.83. The highest BCUT2D eigenvalue weighted by Crippen LogP contribution is 2.13. The molecule has 0 saturated heterocycles. The third kappa shape index (κ3) is 4.91. The van der Waals surface area contributed by atoms with Crippen LogP contribution in [0.1, 0.15) is 34.1 Å². The van der Waals surface area contributed by atoms with E-state index in [1.165, 1.54) is 5.56 Å². The first-order valence-corrected chi connectivity index (χ1v) is 9.12. The Morgan fingerprint density at radius 2 is 1.78 bits per heavy atom. The molecule has 0 atom stereocenters. The second-order valence-electron chi connectivity index (χ2n) is 6.35. The lowest BCUT2D eigenvalue weighted by molar-refractivity contribution is 0.0946. The molecule has 2 aromatic carbocycles. The first-order chi connectivity index (χ1) is 13.2. The van der Waals surface area contributed by atoms with Crippen LogP contribution in [0.4, 0.5) is 5.95 Å². The Morgan fingerprint density at radius 3 is 2.52 bits per heavy atom. The molecule has 5 nitrogen and oxygen atoms in total. The van der Waals surface area contributed by atoms with Gasteiger partial charge in [0, 0.05) is 25.8 Å². The lowest BCUT2D eigenvalue weighted by atomic mass is 10.1. The van der Waals surface area contributed by atoms with E-state index in [0.717, 1.165) is 17.7 Å². The van der Waals surface area contributed by atoms with Gasteiger partial charge in [-0.1, -0.05) is 54.6 Å². The maximum absolute atomic E-state index is 12.5. The summed E-state index contributed by atoms with van der Waals surface area (Å²) in [4.78, 5) is 23.4. The van der Waals surface area contributed by atoms with Crippen molar-refractivity contribution in [2.45, 2.75) is 26.9 Å². The number of anilines is 1. The standard InChI is InChI=1S/C22H24N4O/c1-3-26(16-18-10-5-4-6-11-18)22-23-14-13-20(25-22)21(27)24-15-19-12-8-7-9-17(19)2/h4-14H,3,15-16H2,1-2H3,(H,24,27). The first kappa shape index (κ1) is 18.6. The fraction of sp³-hybridized carbons (Fsp3) is 0.227. The molecule has 0 unspecified atom stereocenters. The highest BCUT2D eigenvalue weighted by atomic mass is 16.1. The van der Waals surface area contributed by atoms with Gasteiger partial charge in [0.15, 0.2) is 0 Å². The van der Waals surface area contributed by atoms with E-state index in [-0.39, 0.29) is 5.91 Å². The number of carbonyl (C=O) groups is 1. The number of aryl methyl sites for hydroxylation is 1. The van der Waals surface area contributed by atoms with Crippen LogP contribution >= 0.6 is 0 Å². The van der Waals surface area contributed by atoms with Crippen LogP contribution in [0.15, 0.2) is 66.9 Å². The Hall–Kier alpha value is -3.21.